The minimum atomic E-state index is -1.32. The van der Waals surface area contributed by atoms with Gasteiger partial charge >= 0.3 is 0 Å². The Balaban J connectivity index is 1.67. The van der Waals surface area contributed by atoms with E-state index in [1.54, 1.807) is 0 Å². The van der Waals surface area contributed by atoms with Gasteiger partial charge in [0.15, 0.2) is 4.75 Å². The van der Waals surface area contributed by atoms with Crippen LogP contribution in [0.5, 0.6) is 0 Å². The van der Waals surface area contributed by atoms with Crippen molar-refractivity contribution in [3.05, 3.63) is 11.5 Å². The van der Waals surface area contributed by atoms with Gasteiger partial charge in [-0.15, -0.1) is 0 Å². The van der Waals surface area contributed by atoms with Crippen LogP contribution in [0.1, 0.15) is 39.0 Å². The zero-order chi connectivity index (χ0) is 17.9. The molecule has 0 bridgehead atoms. The average molecular weight is 363 g/mol. The lowest BCUT2D eigenvalue weighted by Crippen LogP contribution is -2.39. The highest BCUT2D eigenvalue weighted by Crippen LogP contribution is 2.55. The lowest BCUT2D eigenvalue weighted by atomic mass is 10.0. The van der Waals surface area contributed by atoms with Crippen LogP contribution >= 0.6 is 0 Å². The second-order valence-electron chi connectivity index (χ2n) is 7.16. The molecule has 0 aromatic rings. The molecule has 1 saturated heterocycles. The summed E-state index contributed by atoms with van der Waals surface area (Å²) < 4.78 is -0.295. The topological polar surface area (TPSA) is 121 Å². The van der Waals surface area contributed by atoms with Crippen molar-refractivity contribution in [3.63, 3.8) is 0 Å². The normalized spacial score (nSPS) is 39.5. The Labute approximate surface area is 146 Å². The van der Waals surface area contributed by atoms with Gasteiger partial charge in [0, 0.05) is 23.2 Å². The number of aliphatic hydroxyl groups excluding tert-OH is 6. The molecule has 1 heterocycles. The zero-order valence-electron chi connectivity index (χ0n) is 14.2. The molecule has 1 saturated carbocycles. The summed E-state index contributed by atoms with van der Waals surface area (Å²) in [6.07, 6.45) is 1.12. The Kier molecular flexibility index (Phi) is 7.13. The smallest absolute Gasteiger partial charge is 0.187 e. The van der Waals surface area contributed by atoms with Crippen molar-refractivity contribution in [2.45, 2.75) is 74.3 Å². The molecule has 0 aromatic heterocycles. The SMILES string of the molecule is CC1C[S+](/C=C/CCCC[C@@H](O)[C@H](O)[C@@H](O)CO)[C@@]2(C[C@H]2O)[C@H]1O. The minimum Gasteiger partial charge on any atom is -0.394 e. The largest absolute Gasteiger partial charge is 0.394 e. The van der Waals surface area contributed by atoms with Crippen LogP contribution in [0.2, 0.25) is 0 Å². The molecule has 140 valence electrons. The molecule has 6 nitrogen and oxygen atoms in total. The van der Waals surface area contributed by atoms with Crippen molar-refractivity contribution in [2.75, 3.05) is 12.4 Å². The van der Waals surface area contributed by atoms with Gasteiger partial charge in [-0.05, 0) is 25.3 Å². The van der Waals surface area contributed by atoms with E-state index in [0.717, 1.165) is 18.6 Å². The highest BCUT2D eigenvalue weighted by Gasteiger charge is 2.75. The number of aliphatic hydroxyl groups is 6. The molecule has 1 aliphatic heterocycles. The molecule has 0 amide bonds. The van der Waals surface area contributed by atoms with Crippen LogP contribution < -0.4 is 0 Å². The van der Waals surface area contributed by atoms with Crippen LogP contribution in [0.4, 0.5) is 0 Å². The molecule has 2 aliphatic rings. The fraction of sp³-hybridized carbons (Fsp3) is 0.882. The van der Waals surface area contributed by atoms with Gasteiger partial charge in [0.2, 0.25) is 0 Å². The fourth-order valence-electron chi connectivity index (χ4n) is 3.53. The van der Waals surface area contributed by atoms with Gasteiger partial charge in [-0.25, -0.2) is 0 Å². The van der Waals surface area contributed by atoms with Crippen molar-refractivity contribution in [3.8, 4) is 0 Å². The maximum absolute atomic E-state index is 10.3. The van der Waals surface area contributed by atoms with E-state index in [9.17, 15) is 25.5 Å². The van der Waals surface area contributed by atoms with E-state index in [-0.39, 0.29) is 27.7 Å². The zero-order valence-corrected chi connectivity index (χ0v) is 15.0. The number of unbranched alkanes of at least 4 members (excludes halogenated alkanes) is 2. The van der Waals surface area contributed by atoms with E-state index in [0.29, 0.717) is 19.3 Å². The molecule has 2 rings (SSSR count). The van der Waals surface area contributed by atoms with E-state index in [1.165, 1.54) is 0 Å². The van der Waals surface area contributed by atoms with E-state index in [2.05, 4.69) is 11.5 Å². The quantitative estimate of drug-likeness (QED) is 0.237. The summed E-state index contributed by atoms with van der Waals surface area (Å²) in [5, 5.41) is 59.6. The third-order valence-electron chi connectivity index (χ3n) is 5.24. The summed E-state index contributed by atoms with van der Waals surface area (Å²) in [5.41, 5.74) is 0. The Bertz CT molecular complexity index is 433. The number of allylic oxidation sites excluding steroid dienone is 1. The summed E-state index contributed by atoms with van der Waals surface area (Å²) in [7, 11) is -0.0766. The summed E-state index contributed by atoms with van der Waals surface area (Å²) in [5.74, 6) is 1.16. The van der Waals surface area contributed by atoms with Gasteiger partial charge in [-0.1, -0.05) is 13.3 Å². The Morgan fingerprint density at radius 2 is 1.83 bits per heavy atom. The molecule has 2 unspecified atom stereocenters. The van der Waals surface area contributed by atoms with Gasteiger partial charge in [0.05, 0.1) is 12.7 Å². The van der Waals surface area contributed by atoms with Crippen LogP contribution in [0.3, 0.4) is 0 Å². The van der Waals surface area contributed by atoms with Gasteiger partial charge in [-0.2, -0.15) is 0 Å². The first-order valence-electron chi connectivity index (χ1n) is 8.72. The standard InChI is InChI=1S/C17H31O6S/c1-11-10-24(17(16(11)23)8-14(17)21)7-5-3-2-4-6-12(19)15(22)13(20)9-18/h5,7,11-16,18-23H,2-4,6,8-10H2,1H3/q+1/b7-5+/t11?,12-,13+,14-,15+,16+,17-,24?/m1/s1. The Hall–Kier alpha value is -0.150. The number of rotatable bonds is 9. The van der Waals surface area contributed by atoms with Crippen molar-refractivity contribution in [2.24, 2.45) is 5.92 Å². The average Bonchev–Trinajstić information content (AvgIpc) is 3.19. The maximum atomic E-state index is 10.3. The summed E-state index contributed by atoms with van der Waals surface area (Å²) in [6, 6.07) is 0. The molecule has 7 heteroatoms. The fourth-order valence-corrected chi connectivity index (χ4v) is 6.58. The van der Waals surface area contributed by atoms with Crippen LogP contribution in [-0.2, 0) is 10.9 Å². The molecule has 1 aliphatic carbocycles. The van der Waals surface area contributed by atoms with E-state index < -0.39 is 31.0 Å². The van der Waals surface area contributed by atoms with Crippen LogP contribution in [0.25, 0.3) is 0 Å². The minimum absolute atomic E-state index is 0.0766. The second-order valence-corrected chi connectivity index (χ2v) is 9.38. The van der Waals surface area contributed by atoms with Crippen LogP contribution in [0.15, 0.2) is 11.5 Å². The first kappa shape index (κ1) is 20.2. The second kappa shape index (κ2) is 8.49. The molecule has 0 aromatic carbocycles. The predicted molar refractivity (Wildman–Crippen MR) is 93.5 cm³/mol. The number of hydrogen-bond acceptors (Lipinski definition) is 6. The maximum Gasteiger partial charge on any atom is 0.187 e. The van der Waals surface area contributed by atoms with Gasteiger partial charge in [-0.3, -0.25) is 0 Å². The highest BCUT2D eigenvalue weighted by molar-refractivity contribution is 8.01. The third-order valence-corrected chi connectivity index (χ3v) is 8.31. The first-order valence-corrected chi connectivity index (χ1v) is 10.2. The van der Waals surface area contributed by atoms with Crippen LogP contribution in [-0.4, -0.2) is 78.3 Å². The van der Waals surface area contributed by atoms with Gasteiger partial charge in [0.1, 0.15) is 35.6 Å². The van der Waals surface area contributed by atoms with Crippen molar-refractivity contribution in [1.29, 1.82) is 0 Å². The van der Waals surface area contributed by atoms with Crippen molar-refractivity contribution in [1.82, 2.24) is 0 Å². The van der Waals surface area contributed by atoms with Gasteiger partial charge in [0.25, 0.3) is 0 Å². The van der Waals surface area contributed by atoms with Crippen molar-refractivity contribution < 1.29 is 30.6 Å². The van der Waals surface area contributed by atoms with Gasteiger partial charge < -0.3 is 30.6 Å². The van der Waals surface area contributed by atoms with Crippen molar-refractivity contribution >= 4 is 10.9 Å². The van der Waals surface area contributed by atoms with E-state index in [1.807, 2.05) is 6.92 Å². The lowest BCUT2D eigenvalue weighted by molar-refractivity contribution is -0.0786. The predicted octanol–water partition coefficient (Wildman–Crippen LogP) is -0.732. The Morgan fingerprint density at radius 3 is 2.42 bits per heavy atom. The van der Waals surface area contributed by atoms with E-state index in [4.69, 9.17) is 5.11 Å². The summed E-state index contributed by atoms with van der Waals surface area (Å²) >= 11 is 0. The molecule has 0 radical (unpaired) electrons. The molecular weight excluding hydrogens is 332 g/mol. The summed E-state index contributed by atoms with van der Waals surface area (Å²) in [6.45, 7) is 1.47. The molecular formula is C17H31O6S+. The molecule has 24 heavy (non-hydrogen) atoms. The molecule has 8 atom stereocenters. The highest BCUT2D eigenvalue weighted by atomic mass is 32.2. The van der Waals surface area contributed by atoms with E-state index >= 15 is 0 Å². The summed E-state index contributed by atoms with van der Waals surface area (Å²) in [4.78, 5) is 0. The Morgan fingerprint density at radius 1 is 1.17 bits per heavy atom. The molecule has 1 spiro atoms. The molecule has 6 N–H and O–H groups in total. The molecule has 2 fully saturated rings. The number of hydrogen-bond donors (Lipinski definition) is 6. The van der Waals surface area contributed by atoms with Crippen LogP contribution in [0, 0.1) is 5.92 Å². The third kappa shape index (κ3) is 4.15. The lowest BCUT2D eigenvalue weighted by Gasteiger charge is -2.21. The monoisotopic (exact) mass is 363 g/mol. The first-order chi connectivity index (χ1) is 11.3.